The van der Waals surface area contributed by atoms with Crippen LogP contribution < -0.4 is 9.64 Å². The summed E-state index contributed by atoms with van der Waals surface area (Å²) in [5, 5.41) is 10.2. The number of halogens is 3. The molecule has 0 spiro atoms. The third kappa shape index (κ3) is 5.62. The number of β-amino-alcohol motifs (C(OH)–C–C–N with tert-alkyl or cyclic N) is 1. The first-order valence-electron chi connectivity index (χ1n) is 9.33. The number of piperazine rings is 1. The van der Waals surface area contributed by atoms with Gasteiger partial charge < -0.3 is 14.7 Å². The average molecular weight is 394 g/mol. The second kappa shape index (κ2) is 8.84. The lowest BCUT2D eigenvalue weighted by atomic mass is 10.1. The lowest BCUT2D eigenvalue weighted by molar-refractivity contribution is -0.137. The molecule has 152 valence electrons. The van der Waals surface area contributed by atoms with Crippen LogP contribution in [0.4, 0.5) is 18.9 Å². The molecule has 1 N–H and O–H groups in total. The third-order valence-corrected chi connectivity index (χ3v) is 4.84. The summed E-state index contributed by atoms with van der Waals surface area (Å²) >= 11 is 0. The van der Waals surface area contributed by atoms with Crippen LogP contribution in [0.15, 0.2) is 48.5 Å². The highest BCUT2D eigenvalue weighted by Gasteiger charge is 2.31. The molecular weight excluding hydrogens is 369 g/mol. The molecule has 0 radical (unpaired) electrons. The van der Waals surface area contributed by atoms with E-state index in [1.165, 1.54) is 12.1 Å². The predicted molar refractivity (Wildman–Crippen MR) is 103 cm³/mol. The van der Waals surface area contributed by atoms with E-state index >= 15 is 0 Å². The van der Waals surface area contributed by atoms with Crippen LogP contribution in [0.1, 0.15) is 11.1 Å². The summed E-state index contributed by atoms with van der Waals surface area (Å²) in [6.45, 7) is 5.27. The molecule has 2 aromatic carbocycles. The van der Waals surface area contributed by atoms with Crippen molar-refractivity contribution in [1.82, 2.24) is 4.90 Å². The molecule has 2 aromatic rings. The molecule has 4 nitrogen and oxygen atoms in total. The molecule has 28 heavy (non-hydrogen) atoms. The Kier molecular flexibility index (Phi) is 6.46. The van der Waals surface area contributed by atoms with E-state index in [9.17, 15) is 18.3 Å². The van der Waals surface area contributed by atoms with E-state index in [0.717, 1.165) is 17.4 Å². The normalized spacial score (nSPS) is 16.8. The Bertz CT molecular complexity index is 757. The fraction of sp³-hybridized carbons (Fsp3) is 0.429. The molecule has 0 aliphatic carbocycles. The van der Waals surface area contributed by atoms with E-state index in [4.69, 9.17) is 4.74 Å². The summed E-state index contributed by atoms with van der Waals surface area (Å²) in [6.07, 6.45) is -4.96. The summed E-state index contributed by atoms with van der Waals surface area (Å²) in [7, 11) is 0. The summed E-state index contributed by atoms with van der Waals surface area (Å²) in [5.41, 5.74) is 1.10. The summed E-state index contributed by atoms with van der Waals surface area (Å²) in [4.78, 5) is 4.05. The van der Waals surface area contributed by atoms with Crippen molar-refractivity contribution < 1.29 is 23.0 Å². The number of aliphatic hydroxyl groups is 1. The Morgan fingerprint density at radius 2 is 1.71 bits per heavy atom. The molecule has 0 aromatic heterocycles. The Balaban J connectivity index is 1.45. The number of anilines is 1. The van der Waals surface area contributed by atoms with Crippen molar-refractivity contribution >= 4 is 5.69 Å². The zero-order valence-corrected chi connectivity index (χ0v) is 15.8. The summed E-state index contributed by atoms with van der Waals surface area (Å²) in [5.74, 6) is 0.721. The lowest BCUT2D eigenvalue weighted by Crippen LogP contribution is -2.49. The van der Waals surface area contributed by atoms with Gasteiger partial charge in [-0.05, 0) is 37.3 Å². The molecule has 0 amide bonds. The Hall–Kier alpha value is -2.25. The van der Waals surface area contributed by atoms with Gasteiger partial charge in [0, 0.05) is 38.4 Å². The molecule has 1 fully saturated rings. The minimum Gasteiger partial charge on any atom is -0.491 e. The number of alkyl halides is 3. The van der Waals surface area contributed by atoms with Gasteiger partial charge in [0.25, 0.3) is 0 Å². The smallest absolute Gasteiger partial charge is 0.416 e. The number of ether oxygens (including phenoxy) is 1. The molecule has 7 heteroatoms. The maximum absolute atomic E-state index is 12.9. The Morgan fingerprint density at radius 3 is 2.36 bits per heavy atom. The molecule has 3 rings (SSSR count). The van der Waals surface area contributed by atoms with Crippen molar-refractivity contribution in [3.63, 3.8) is 0 Å². The number of aliphatic hydroxyl groups excluding tert-OH is 1. The van der Waals surface area contributed by atoms with Crippen molar-refractivity contribution in [2.24, 2.45) is 0 Å². The van der Waals surface area contributed by atoms with Gasteiger partial charge in [-0.3, -0.25) is 4.90 Å². The minimum atomic E-state index is -4.33. The molecule has 0 bridgehead atoms. The number of benzene rings is 2. The largest absolute Gasteiger partial charge is 0.491 e. The maximum atomic E-state index is 12.9. The van der Waals surface area contributed by atoms with Crippen LogP contribution in [-0.4, -0.2) is 55.4 Å². The van der Waals surface area contributed by atoms with Crippen LogP contribution in [-0.2, 0) is 6.18 Å². The standard InChI is InChI=1S/C21H25F3N2O2/c1-16-5-7-20(8-6-16)28-15-19(27)14-25-9-11-26(12-10-25)18-4-2-3-17(13-18)21(22,23)24/h2-8,13,19,27H,9-12,14-15H2,1H3/t19-/m0/s1. The maximum Gasteiger partial charge on any atom is 0.416 e. The molecule has 0 saturated carbocycles. The van der Waals surface area contributed by atoms with Gasteiger partial charge >= 0.3 is 6.18 Å². The number of nitrogens with zero attached hydrogens (tertiary/aromatic N) is 2. The van der Waals surface area contributed by atoms with Crippen LogP contribution in [0.3, 0.4) is 0 Å². The van der Waals surface area contributed by atoms with Crippen LogP contribution >= 0.6 is 0 Å². The zero-order valence-electron chi connectivity index (χ0n) is 15.8. The third-order valence-electron chi connectivity index (χ3n) is 4.84. The number of rotatable bonds is 6. The van der Waals surface area contributed by atoms with Crippen molar-refractivity contribution in [3.05, 3.63) is 59.7 Å². The Labute approximate surface area is 163 Å². The first-order chi connectivity index (χ1) is 13.3. The van der Waals surface area contributed by atoms with Gasteiger partial charge in [-0.25, -0.2) is 0 Å². The van der Waals surface area contributed by atoms with Crippen LogP contribution in [0.25, 0.3) is 0 Å². The van der Waals surface area contributed by atoms with Gasteiger partial charge in [0.2, 0.25) is 0 Å². The highest BCUT2D eigenvalue weighted by molar-refractivity contribution is 5.49. The van der Waals surface area contributed by atoms with E-state index in [1.807, 2.05) is 36.1 Å². The van der Waals surface area contributed by atoms with Crippen molar-refractivity contribution in [1.29, 1.82) is 0 Å². The Morgan fingerprint density at radius 1 is 1.04 bits per heavy atom. The second-order valence-electron chi connectivity index (χ2n) is 7.11. The van der Waals surface area contributed by atoms with E-state index in [1.54, 1.807) is 6.07 Å². The first kappa shape index (κ1) is 20.5. The van der Waals surface area contributed by atoms with Gasteiger partial charge in [-0.15, -0.1) is 0 Å². The van der Waals surface area contributed by atoms with Gasteiger partial charge in [0.1, 0.15) is 18.5 Å². The second-order valence-corrected chi connectivity index (χ2v) is 7.11. The first-order valence-corrected chi connectivity index (χ1v) is 9.33. The predicted octanol–water partition coefficient (Wildman–Crippen LogP) is 3.58. The summed E-state index contributed by atoms with van der Waals surface area (Å²) in [6, 6.07) is 13.1. The van der Waals surface area contributed by atoms with Crippen LogP contribution in [0.2, 0.25) is 0 Å². The van der Waals surface area contributed by atoms with Gasteiger partial charge in [0.15, 0.2) is 0 Å². The number of hydrogen-bond donors (Lipinski definition) is 1. The SMILES string of the molecule is Cc1ccc(OC[C@@H](O)CN2CCN(c3cccc(C(F)(F)F)c3)CC2)cc1. The summed E-state index contributed by atoms with van der Waals surface area (Å²) < 4.78 is 44.3. The lowest BCUT2D eigenvalue weighted by Gasteiger charge is -2.37. The van der Waals surface area contributed by atoms with Gasteiger partial charge in [0.05, 0.1) is 5.56 Å². The minimum absolute atomic E-state index is 0.205. The van der Waals surface area contributed by atoms with Crippen molar-refractivity contribution in [3.8, 4) is 5.75 Å². The highest BCUT2D eigenvalue weighted by Crippen LogP contribution is 2.31. The van der Waals surface area contributed by atoms with Crippen LogP contribution in [0.5, 0.6) is 5.75 Å². The van der Waals surface area contributed by atoms with Crippen LogP contribution in [0, 0.1) is 6.92 Å². The number of aryl methyl sites for hydroxylation is 1. The quantitative estimate of drug-likeness (QED) is 0.813. The monoisotopic (exact) mass is 394 g/mol. The van der Waals surface area contributed by atoms with Gasteiger partial charge in [-0.1, -0.05) is 23.8 Å². The average Bonchev–Trinajstić information content (AvgIpc) is 2.68. The molecule has 0 unspecified atom stereocenters. The number of hydrogen-bond acceptors (Lipinski definition) is 4. The zero-order chi connectivity index (χ0) is 20.1. The molecular formula is C21H25F3N2O2. The van der Waals surface area contributed by atoms with E-state index in [-0.39, 0.29) is 6.61 Å². The van der Waals surface area contributed by atoms with Crippen molar-refractivity contribution in [2.75, 3.05) is 44.2 Å². The molecule has 1 aliphatic rings. The van der Waals surface area contributed by atoms with Gasteiger partial charge in [-0.2, -0.15) is 13.2 Å². The topological polar surface area (TPSA) is 35.9 Å². The molecule has 1 heterocycles. The fourth-order valence-electron chi connectivity index (χ4n) is 3.25. The highest BCUT2D eigenvalue weighted by atomic mass is 19.4. The molecule has 1 aliphatic heterocycles. The molecule has 1 atom stereocenters. The van der Waals surface area contributed by atoms with E-state index < -0.39 is 17.8 Å². The van der Waals surface area contributed by atoms with E-state index in [2.05, 4.69) is 4.90 Å². The van der Waals surface area contributed by atoms with E-state index in [0.29, 0.717) is 38.4 Å². The fourth-order valence-corrected chi connectivity index (χ4v) is 3.25. The molecule has 1 saturated heterocycles. The van der Waals surface area contributed by atoms with Crippen molar-refractivity contribution in [2.45, 2.75) is 19.2 Å².